The molecule has 1 aliphatic carbocycles. The molecule has 0 amide bonds. The summed E-state index contributed by atoms with van der Waals surface area (Å²) in [4.78, 5) is 10.6. The fourth-order valence-electron chi connectivity index (χ4n) is 2.47. The van der Waals surface area contributed by atoms with E-state index in [1.54, 1.807) is 12.1 Å². The third-order valence-electron chi connectivity index (χ3n) is 3.57. The van der Waals surface area contributed by atoms with Crippen LogP contribution in [0.15, 0.2) is 18.2 Å². The molecule has 0 unspecified atom stereocenters. The molecule has 1 fully saturated rings. The molecule has 1 aromatic carbocycles. The van der Waals surface area contributed by atoms with Gasteiger partial charge in [-0.1, -0.05) is 25.3 Å². The van der Waals surface area contributed by atoms with E-state index in [4.69, 9.17) is 16.3 Å². The van der Waals surface area contributed by atoms with Crippen molar-refractivity contribution in [1.82, 2.24) is 0 Å². The van der Waals surface area contributed by atoms with Gasteiger partial charge in [0.1, 0.15) is 0 Å². The summed E-state index contributed by atoms with van der Waals surface area (Å²) >= 11 is 5.69. The number of nitrogens with zero attached hydrogens (tertiary/aromatic N) is 1. The molecule has 1 saturated carbocycles. The fourth-order valence-corrected chi connectivity index (χ4v) is 2.64. The van der Waals surface area contributed by atoms with Crippen molar-refractivity contribution in [1.29, 1.82) is 0 Å². The van der Waals surface area contributed by atoms with E-state index in [0.717, 1.165) is 18.4 Å². The molecule has 0 heterocycles. The van der Waals surface area contributed by atoms with E-state index in [-0.39, 0.29) is 11.6 Å². The molecule has 0 radical (unpaired) electrons. The highest BCUT2D eigenvalue weighted by Gasteiger charge is 2.19. The first-order valence-corrected chi connectivity index (χ1v) is 7.20. The highest BCUT2D eigenvalue weighted by atomic mass is 35.5. The first-order valence-electron chi connectivity index (χ1n) is 6.67. The van der Waals surface area contributed by atoms with Gasteiger partial charge < -0.3 is 4.74 Å². The normalized spacial score (nSPS) is 16.3. The zero-order valence-electron chi connectivity index (χ0n) is 10.8. The Bertz CT molecular complexity index is 444. The molecule has 0 aliphatic heterocycles. The average Bonchev–Trinajstić information content (AvgIpc) is 2.46. The number of nitro benzene ring substituents is 1. The monoisotopic (exact) mass is 283 g/mol. The largest absolute Gasteiger partial charge is 0.487 e. The van der Waals surface area contributed by atoms with Crippen LogP contribution < -0.4 is 4.74 Å². The lowest BCUT2D eigenvalue weighted by Gasteiger charge is -2.21. The number of ether oxygens (including phenoxy) is 1. The number of hydrogen-bond acceptors (Lipinski definition) is 3. The molecule has 104 valence electrons. The number of rotatable bonds is 5. The maximum absolute atomic E-state index is 11.0. The van der Waals surface area contributed by atoms with Crippen LogP contribution in [-0.2, 0) is 5.88 Å². The van der Waals surface area contributed by atoms with Gasteiger partial charge in [0, 0.05) is 11.9 Å². The van der Waals surface area contributed by atoms with Crippen molar-refractivity contribution in [2.45, 2.75) is 38.0 Å². The zero-order chi connectivity index (χ0) is 13.7. The molecule has 0 spiro atoms. The first-order chi connectivity index (χ1) is 9.20. The van der Waals surface area contributed by atoms with Crippen LogP contribution in [0, 0.1) is 16.0 Å². The van der Waals surface area contributed by atoms with Gasteiger partial charge in [-0.05, 0) is 30.4 Å². The van der Waals surface area contributed by atoms with Crippen LogP contribution in [0.2, 0.25) is 0 Å². The molecule has 5 heteroatoms. The van der Waals surface area contributed by atoms with Gasteiger partial charge in [-0.2, -0.15) is 0 Å². The Kier molecular flexibility index (Phi) is 5.02. The molecular formula is C14H18ClNO3. The predicted molar refractivity (Wildman–Crippen MR) is 74.7 cm³/mol. The van der Waals surface area contributed by atoms with Gasteiger partial charge in [0.15, 0.2) is 5.75 Å². The molecule has 1 aromatic rings. The van der Waals surface area contributed by atoms with E-state index in [1.165, 1.54) is 25.3 Å². The number of alkyl halides is 1. The summed E-state index contributed by atoms with van der Waals surface area (Å²) in [6.45, 7) is 0.570. The minimum atomic E-state index is -0.410. The van der Waals surface area contributed by atoms with Gasteiger partial charge in [0.2, 0.25) is 0 Å². The Morgan fingerprint density at radius 3 is 2.68 bits per heavy atom. The van der Waals surface area contributed by atoms with Crippen molar-refractivity contribution in [3.63, 3.8) is 0 Å². The van der Waals surface area contributed by atoms with E-state index in [9.17, 15) is 10.1 Å². The molecule has 2 rings (SSSR count). The van der Waals surface area contributed by atoms with Crippen molar-refractivity contribution in [2.75, 3.05) is 6.61 Å². The van der Waals surface area contributed by atoms with E-state index in [2.05, 4.69) is 0 Å². The van der Waals surface area contributed by atoms with Crippen molar-refractivity contribution < 1.29 is 9.66 Å². The summed E-state index contributed by atoms with van der Waals surface area (Å²) in [5.74, 6) is 1.15. The predicted octanol–water partition coefficient (Wildman–Crippen LogP) is 4.29. The summed E-state index contributed by atoms with van der Waals surface area (Å²) in [6.07, 6.45) is 6.09. The molecule has 19 heavy (non-hydrogen) atoms. The zero-order valence-corrected chi connectivity index (χ0v) is 11.6. The Labute approximate surface area is 117 Å². The summed E-state index contributed by atoms with van der Waals surface area (Å²) < 4.78 is 5.65. The fraction of sp³-hybridized carbons (Fsp3) is 0.571. The second kappa shape index (κ2) is 6.75. The maximum Gasteiger partial charge on any atom is 0.311 e. The van der Waals surface area contributed by atoms with Gasteiger partial charge in [-0.25, -0.2) is 0 Å². The third kappa shape index (κ3) is 3.83. The molecule has 0 atom stereocenters. The number of nitro groups is 1. The topological polar surface area (TPSA) is 52.4 Å². The van der Waals surface area contributed by atoms with Crippen LogP contribution >= 0.6 is 11.6 Å². The smallest absolute Gasteiger partial charge is 0.311 e. The number of halogens is 1. The second-order valence-electron chi connectivity index (χ2n) is 5.01. The Morgan fingerprint density at radius 2 is 2.05 bits per heavy atom. The van der Waals surface area contributed by atoms with E-state index in [0.29, 0.717) is 18.3 Å². The molecule has 0 bridgehead atoms. The van der Waals surface area contributed by atoms with Crippen molar-refractivity contribution >= 4 is 17.3 Å². The molecule has 0 saturated heterocycles. The number of hydrogen-bond donors (Lipinski definition) is 0. The van der Waals surface area contributed by atoms with Gasteiger partial charge >= 0.3 is 5.69 Å². The maximum atomic E-state index is 11.0. The number of benzene rings is 1. The SMILES string of the molecule is O=[N+]([O-])c1cc(CCl)ccc1OCC1CCCCC1. The first kappa shape index (κ1) is 14.1. The van der Waals surface area contributed by atoms with Crippen LogP contribution in [0.25, 0.3) is 0 Å². The van der Waals surface area contributed by atoms with Gasteiger partial charge in [-0.3, -0.25) is 10.1 Å². The minimum absolute atomic E-state index is 0.00830. The van der Waals surface area contributed by atoms with E-state index >= 15 is 0 Å². The van der Waals surface area contributed by atoms with Crippen molar-refractivity contribution in [3.05, 3.63) is 33.9 Å². The Hall–Kier alpha value is -1.29. The standard InChI is InChI=1S/C14H18ClNO3/c15-9-12-6-7-14(13(8-12)16(17)18)19-10-11-4-2-1-3-5-11/h6-8,11H,1-5,9-10H2. The summed E-state index contributed by atoms with van der Waals surface area (Å²) in [5, 5.41) is 11.0. The van der Waals surface area contributed by atoms with Crippen LogP contribution in [0.3, 0.4) is 0 Å². The lowest BCUT2D eigenvalue weighted by Crippen LogP contribution is -2.15. The van der Waals surface area contributed by atoms with Crippen molar-refractivity contribution in [2.24, 2.45) is 5.92 Å². The van der Waals surface area contributed by atoms with Crippen LogP contribution in [0.1, 0.15) is 37.7 Å². The molecule has 0 N–H and O–H groups in total. The summed E-state index contributed by atoms with van der Waals surface area (Å²) in [5.41, 5.74) is 0.743. The summed E-state index contributed by atoms with van der Waals surface area (Å²) in [7, 11) is 0. The van der Waals surface area contributed by atoms with Crippen molar-refractivity contribution in [3.8, 4) is 5.75 Å². The van der Waals surface area contributed by atoms with E-state index in [1.807, 2.05) is 0 Å². The lowest BCUT2D eigenvalue weighted by atomic mass is 9.90. The van der Waals surface area contributed by atoms with Gasteiger partial charge in [0.05, 0.1) is 11.5 Å². The molecule has 1 aliphatic rings. The Morgan fingerprint density at radius 1 is 1.32 bits per heavy atom. The van der Waals surface area contributed by atoms with E-state index < -0.39 is 4.92 Å². The molecule has 0 aromatic heterocycles. The van der Waals surface area contributed by atoms with Crippen LogP contribution in [-0.4, -0.2) is 11.5 Å². The van der Waals surface area contributed by atoms with Crippen LogP contribution in [0.5, 0.6) is 5.75 Å². The average molecular weight is 284 g/mol. The highest BCUT2D eigenvalue weighted by Crippen LogP contribution is 2.30. The van der Waals surface area contributed by atoms with Gasteiger partial charge in [-0.15, -0.1) is 11.6 Å². The molecular weight excluding hydrogens is 266 g/mol. The third-order valence-corrected chi connectivity index (χ3v) is 3.88. The lowest BCUT2D eigenvalue weighted by molar-refractivity contribution is -0.386. The quantitative estimate of drug-likeness (QED) is 0.460. The van der Waals surface area contributed by atoms with Gasteiger partial charge in [0.25, 0.3) is 0 Å². The highest BCUT2D eigenvalue weighted by molar-refractivity contribution is 6.17. The molecule has 4 nitrogen and oxygen atoms in total. The van der Waals surface area contributed by atoms with Crippen LogP contribution in [0.4, 0.5) is 5.69 Å². The summed E-state index contributed by atoms with van der Waals surface area (Å²) in [6, 6.07) is 4.91. The second-order valence-corrected chi connectivity index (χ2v) is 5.28. The minimum Gasteiger partial charge on any atom is -0.487 e. The Balaban J connectivity index is 2.04.